The lowest BCUT2D eigenvalue weighted by molar-refractivity contribution is -0.118. The van der Waals surface area contributed by atoms with Gasteiger partial charge in [0.25, 0.3) is 0 Å². The largest absolute Gasteiger partial charge is 0.507 e. The summed E-state index contributed by atoms with van der Waals surface area (Å²) in [5.41, 5.74) is 7.20. The summed E-state index contributed by atoms with van der Waals surface area (Å²) in [5, 5.41) is 14.8. The molecule has 1 aliphatic rings. The van der Waals surface area contributed by atoms with E-state index < -0.39 is 5.82 Å². The van der Waals surface area contributed by atoms with Gasteiger partial charge in [0.1, 0.15) is 17.4 Å². The van der Waals surface area contributed by atoms with Crippen LogP contribution in [0.4, 0.5) is 10.2 Å². The molecule has 1 atom stereocenters. The summed E-state index contributed by atoms with van der Waals surface area (Å²) in [5.74, 6) is -0.387. The number of amides is 1. The number of phenolic OH excluding ortho intramolecular Hbond substituents is 1. The summed E-state index contributed by atoms with van der Waals surface area (Å²) in [6.45, 7) is 1.86. The number of phenols is 1. The number of aryl methyl sites for hydroxylation is 1. The number of nitrogens with two attached hydrogens (primary N) is 1. The van der Waals surface area contributed by atoms with Gasteiger partial charge < -0.3 is 25.6 Å². The summed E-state index contributed by atoms with van der Waals surface area (Å²) in [6.07, 6.45) is 5.04. The molecule has 0 radical (unpaired) electrons. The number of piperazine rings is 1. The molecule has 5 rings (SSSR count). The molecule has 9 nitrogen and oxygen atoms in total. The fraction of sp³-hybridized carbons (Fsp3) is 0.222. The summed E-state index contributed by atoms with van der Waals surface area (Å²) >= 11 is 6.50. The van der Waals surface area contributed by atoms with Gasteiger partial charge in [-0.1, -0.05) is 17.7 Å². The van der Waals surface area contributed by atoms with Crippen LogP contribution in [0.3, 0.4) is 0 Å². The van der Waals surface area contributed by atoms with E-state index in [4.69, 9.17) is 17.3 Å². The molecule has 2 aromatic heterocycles. The number of benzene rings is 2. The number of anilines is 1. The maximum absolute atomic E-state index is 14.8. The molecule has 0 spiro atoms. The molecule has 0 saturated carbocycles. The first kappa shape index (κ1) is 25.5. The maximum atomic E-state index is 14.8. The van der Waals surface area contributed by atoms with Crippen LogP contribution in [0.25, 0.3) is 27.9 Å². The maximum Gasteiger partial charge on any atom is 0.332 e. The van der Waals surface area contributed by atoms with Crippen LogP contribution in [0.1, 0.15) is 6.42 Å². The van der Waals surface area contributed by atoms with Gasteiger partial charge in [-0.05, 0) is 47.5 Å². The van der Waals surface area contributed by atoms with Crippen molar-refractivity contribution in [2.24, 2.45) is 12.8 Å². The molecule has 0 bridgehead atoms. The highest BCUT2D eigenvalue weighted by Crippen LogP contribution is 2.41. The van der Waals surface area contributed by atoms with Gasteiger partial charge in [-0.25, -0.2) is 14.2 Å². The molecule has 196 valence electrons. The van der Waals surface area contributed by atoms with Crippen LogP contribution in [-0.4, -0.2) is 50.8 Å². The second kappa shape index (κ2) is 10.3. The van der Waals surface area contributed by atoms with Crippen molar-refractivity contribution in [2.45, 2.75) is 12.5 Å². The average Bonchev–Trinajstić information content (AvgIpc) is 3.22. The molecule has 4 N–H and O–H groups in total. The van der Waals surface area contributed by atoms with Gasteiger partial charge in [-0.2, -0.15) is 0 Å². The van der Waals surface area contributed by atoms with Crippen molar-refractivity contribution in [2.75, 3.05) is 24.5 Å². The minimum absolute atomic E-state index is 0.0969. The number of imidazole rings is 1. The number of nitrogens with zero attached hydrogens (tertiary/aromatic N) is 4. The second-order valence-electron chi connectivity index (χ2n) is 9.25. The van der Waals surface area contributed by atoms with E-state index in [1.54, 1.807) is 56.0 Å². The van der Waals surface area contributed by atoms with Crippen molar-refractivity contribution < 1.29 is 14.3 Å². The quantitative estimate of drug-likeness (QED) is 0.348. The topological polar surface area (TPSA) is 118 Å². The minimum atomic E-state index is -0.533. The van der Waals surface area contributed by atoms with E-state index in [2.05, 4.69) is 10.3 Å². The van der Waals surface area contributed by atoms with Crippen molar-refractivity contribution >= 4 is 23.3 Å². The number of hydrogen-bond donors (Lipinski definition) is 3. The summed E-state index contributed by atoms with van der Waals surface area (Å²) in [4.78, 5) is 30.2. The highest BCUT2D eigenvalue weighted by atomic mass is 35.5. The van der Waals surface area contributed by atoms with E-state index in [0.29, 0.717) is 47.8 Å². The third-order valence-electron chi connectivity index (χ3n) is 6.62. The number of carbonyl (C=O) groups excluding carboxylic acids is 1. The van der Waals surface area contributed by atoms with Crippen molar-refractivity contribution in [3.63, 3.8) is 0 Å². The van der Waals surface area contributed by atoms with Crippen molar-refractivity contribution in [3.05, 3.63) is 82.4 Å². The van der Waals surface area contributed by atoms with Gasteiger partial charge in [-0.15, -0.1) is 0 Å². The van der Waals surface area contributed by atoms with Gasteiger partial charge in [-0.3, -0.25) is 9.36 Å². The fourth-order valence-electron chi connectivity index (χ4n) is 4.73. The summed E-state index contributed by atoms with van der Waals surface area (Å²) in [7, 11) is 1.64. The number of halogens is 2. The Kier molecular flexibility index (Phi) is 6.92. The molecule has 2 aromatic carbocycles. The monoisotopic (exact) mass is 536 g/mol. The number of aromatic nitrogens is 3. The predicted octanol–water partition coefficient (Wildman–Crippen LogP) is 3.06. The third-order valence-corrected chi connectivity index (χ3v) is 6.93. The van der Waals surface area contributed by atoms with Crippen LogP contribution in [0.15, 0.2) is 65.8 Å². The Balaban J connectivity index is 1.49. The molecule has 1 fully saturated rings. The molecule has 4 aromatic rings. The molecule has 38 heavy (non-hydrogen) atoms. The second-order valence-corrected chi connectivity index (χ2v) is 9.65. The fourth-order valence-corrected chi connectivity index (χ4v) is 5.00. The normalized spacial score (nSPS) is 15.6. The molecule has 1 amide bonds. The molecule has 1 saturated heterocycles. The zero-order chi connectivity index (χ0) is 27.0. The Labute approximate surface area is 222 Å². The van der Waals surface area contributed by atoms with E-state index in [1.807, 2.05) is 4.90 Å². The average molecular weight is 537 g/mol. The minimum Gasteiger partial charge on any atom is -0.507 e. The molecule has 11 heteroatoms. The lowest BCUT2D eigenvalue weighted by Crippen LogP contribution is -2.52. The zero-order valence-electron chi connectivity index (χ0n) is 20.6. The summed E-state index contributed by atoms with van der Waals surface area (Å²) in [6, 6.07) is 10.8. The number of hydrogen-bond acceptors (Lipinski definition) is 6. The Hall–Kier alpha value is -4.15. The lowest BCUT2D eigenvalue weighted by atomic mass is 9.97. The zero-order valence-corrected chi connectivity index (χ0v) is 21.3. The van der Waals surface area contributed by atoms with Gasteiger partial charge in [0.2, 0.25) is 5.91 Å². The number of aromatic hydroxyl groups is 1. The standard InChI is InChI=1S/C27H26ClFN6O3/c1-33-8-9-35(27(33)38)23-3-2-16(10-22(23)28)20-12-18(29)13-21(26(20)37)17-4-5-32-25(11-17)34-7-6-31-19(15-34)14-24(30)36/h2-5,8-13,19,31,37H,6-7,14-15H2,1H3,(H2,30,36)/t19-/m1/s1. The Morgan fingerprint density at radius 1 is 1.18 bits per heavy atom. The van der Waals surface area contributed by atoms with E-state index in [0.717, 1.165) is 0 Å². The van der Waals surface area contributed by atoms with Crippen LogP contribution in [-0.2, 0) is 11.8 Å². The van der Waals surface area contributed by atoms with Crippen molar-refractivity contribution in [1.29, 1.82) is 0 Å². The molecular weight excluding hydrogens is 511 g/mol. The first-order valence-electron chi connectivity index (χ1n) is 12.0. The van der Waals surface area contributed by atoms with Crippen LogP contribution < -0.4 is 21.6 Å². The number of carbonyl (C=O) groups is 1. The smallest absolute Gasteiger partial charge is 0.332 e. The van der Waals surface area contributed by atoms with E-state index in [-0.39, 0.29) is 40.4 Å². The molecule has 3 heterocycles. The Morgan fingerprint density at radius 3 is 2.58 bits per heavy atom. The number of pyridine rings is 1. The van der Waals surface area contributed by atoms with Crippen LogP contribution in [0.5, 0.6) is 5.75 Å². The molecule has 1 aliphatic heterocycles. The van der Waals surface area contributed by atoms with Crippen LogP contribution in [0.2, 0.25) is 5.02 Å². The SMILES string of the molecule is Cn1ccn(-c2ccc(-c3cc(F)cc(-c4ccnc(N5CCN[C@H](CC(N)=O)C5)c4)c3O)cc2Cl)c1=O. The van der Waals surface area contributed by atoms with Gasteiger partial charge in [0, 0.05) is 68.9 Å². The Bertz CT molecular complexity index is 1580. The number of nitrogens with one attached hydrogen (secondary N) is 1. The van der Waals surface area contributed by atoms with E-state index >= 15 is 0 Å². The van der Waals surface area contributed by atoms with Gasteiger partial charge in [0.05, 0.1) is 10.7 Å². The highest BCUT2D eigenvalue weighted by molar-refractivity contribution is 6.32. The van der Waals surface area contributed by atoms with Crippen LogP contribution in [0, 0.1) is 5.82 Å². The lowest BCUT2D eigenvalue weighted by Gasteiger charge is -2.34. The number of rotatable bonds is 6. The molecule has 0 aliphatic carbocycles. The predicted molar refractivity (Wildman–Crippen MR) is 144 cm³/mol. The van der Waals surface area contributed by atoms with Crippen molar-refractivity contribution in [3.8, 4) is 33.7 Å². The van der Waals surface area contributed by atoms with Gasteiger partial charge >= 0.3 is 5.69 Å². The van der Waals surface area contributed by atoms with Gasteiger partial charge in [0.15, 0.2) is 0 Å². The number of primary amides is 1. The Morgan fingerprint density at radius 2 is 1.92 bits per heavy atom. The first-order chi connectivity index (χ1) is 18.2. The van der Waals surface area contributed by atoms with E-state index in [9.17, 15) is 19.1 Å². The highest BCUT2D eigenvalue weighted by Gasteiger charge is 2.23. The summed E-state index contributed by atoms with van der Waals surface area (Å²) < 4.78 is 17.7. The van der Waals surface area contributed by atoms with E-state index in [1.165, 1.54) is 21.3 Å². The molecule has 0 unspecified atom stereocenters. The van der Waals surface area contributed by atoms with Crippen molar-refractivity contribution in [1.82, 2.24) is 19.4 Å². The third kappa shape index (κ3) is 5.00. The van der Waals surface area contributed by atoms with Crippen LogP contribution >= 0.6 is 11.6 Å². The molecular formula is C27H26ClFN6O3. The first-order valence-corrected chi connectivity index (χ1v) is 12.4.